The number of hydrogen-bond donors (Lipinski definition) is 3. The third-order valence-corrected chi connectivity index (χ3v) is 5.46. The van der Waals surface area contributed by atoms with Crippen LogP contribution in [-0.2, 0) is 4.79 Å². The highest BCUT2D eigenvalue weighted by Crippen LogP contribution is 2.30. The number of carbonyl (C=O) groups is 2. The number of carbonyl (C=O) groups excluding carboxylic acids is 2. The zero-order valence-electron chi connectivity index (χ0n) is 15.7. The van der Waals surface area contributed by atoms with E-state index >= 15 is 0 Å². The molecule has 2 aromatic rings. The number of nitrogens with two attached hydrogens (primary N) is 1. The van der Waals surface area contributed by atoms with E-state index in [-0.39, 0.29) is 18.0 Å². The fraction of sp³-hybridized carbons (Fsp3) is 0.364. The molecule has 5 nitrogen and oxygen atoms in total. The highest BCUT2D eigenvalue weighted by molar-refractivity contribution is 5.90. The molecule has 1 aliphatic rings. The number of hydrogen-bond acceptors (Lipinski definition) is 2. The van der Waals surface area contributed by atoms with Crippen LogP contribution in [0.2, 0.25) is 0 Å². The molecule has 3 rings (SSSR count). The second-order valence-electron chi connectivity index (χ2n) is 7.34. The molecule has 2 aromatic carbocycles. The molecule has 1 atom stereocenters. The third-order valence-electron chi connectivity index (χ3n) is 5.46. The van der Waals surface area contributed by atoms with Crippen LogP contribution in [0.5, 0.6) is 0 Å². The molecule has 1 aliphatic carbocycles. The van der Waals surface area contributed by atoms with Gasteiger partial charge >= 0.3 is 6.03 Å². The van der Waals surface area contributed by atoms with Crippen molar-refractivity contribution in [3.8, 4) is 0 Å². The van der Waals surface area contributed by atoms with E-state index in [2.05, 4.69) is 34.9 Å². The summed E-state index contributed by atoms with van der Waals surface area (Å²) in [6.45, 7) is 1.98. The van der Waals surface area contributed by atoms with E-state index < -0.39 is 11.4 Å². The van der Waals surface area contributed by atoms with Crippen molar-refractivity contribution in [1.29, 1.82) is 0 Å². The molecule has 0 bridgehead atoms. The van der Waals surface area contributed by atoms with Gasteiger partial charge in [-0.2, -0.15) is 0 Å². The van der Waals surface area contributed by atoms with Crippen LogP contribution in [0.25, 0.3) is 0 Å². The maximum Gasteiger partial charge on any atom is 0.315 e. The van der Waals surface area contributed by atoms with Gasteiger partial charge in [-0.1, -0.05) is 73.5 Å². The number of primary amides is 1. The lowest BCUT2D eigenvalue weighted by molar-refractivity contribution is -0.123. The lowest BCUT2D eigenvalue weighted by Crippen LogP contribution is -2.59. The average molecular weight is 365 g/mol. The fourth-order valence-electron chi connectivity index (χ4n) is 4.05. The maximum atomic E-state index is 12.7. The first-order chi connectivity index (χ1) is 13.0. The van der Waals surface area contributed by atoms with E-state index in [1.165, 1.54) is 0 Å². The van der Waals surface area contributed by atoms with Crippen LogP contribution in [0.4, 0.5) is 4.79 Å². The van der Waals surface area contributed by atoms with Gasteiger partial charge in [0.25, 0.3) is 0 Å². The minimum atomic E-state index is -0.918. The van der Waals surface area contributed by atoms with Gasteiger partial charge in [0.1, 0.15) is 5.54 Å². The van der Waals surface area contributed by atoms with Crippen LogP contribution in [0.3, 0.4) is 0 Å². The molecule has 0 unspecified atom stereocenters. The summed E-state index contributed by atoms with van der Waals surface area (Å²) in [5, 5.41) is 5.88. The summed E-state index contributed by atoms with van der Waals surface area (Å²) in [6, 6.07) is 19.7. The number of urea groups is 1. The average Bonchev–Trinajstić information content (AvgIpc) is 3.13. The summed E-state index contributed by atoms with van der Waals surface area (Å²) in [5.74, 6) is -0.447. The van der Waals surface area contributed by atoms with Crippen molar-refractivity contribution in [1.82, 2.24) is 10.6 Å². The molecule has 0 aromatic heterocycles. The van der Waals surface area contributed by atoms with Crippen molar-refractivity contribution >= 4 is 11.9 Å². The van der Waals surface area contributed by atoms with Gasteiger partial charge in [-0.3, -0.25) is 4.79 Å². The molecule has 142 valence electrons. The van der Waals surface area contributed by atoms with Crippen LogP contribution in [-0.4, -0.2) is 23.5 Å². The van der Waals surface area contributed by atoms with Crippen molar-refractivity contribution in [2.75, 3.05) is 0 Å². The van der Waals surface area contributed by atoms with Crippen LogP contribution in [0, 0.1) is 0 Å². The van der Waals surface area contributed by atoms with Gasteiger partial charge in [-0.25, -0.2) is 4.79 Å². The summed E-state index contributed by atoms with van der Waals surface area (Å²) >= 11 is 0. The van der Waals surface area contributed by atoms with Gasteiger partial charge in [0, 0.05) is 12.0 Å². The zero-order chi connectivity index (χ0) is 19.3. The molecule has 1 fully saturated rings. The molecule has 0 radical (unpaired) electrons. The Morgan fingerprint density at radius 2 is 1.41 bits per heavy atom. The minimum absolute atomic E-state index is 0.00579. The van der Waals surface area contributed by atoms with Crippen molar-refractivity contribution in [2.45, 2.75) is 50.1 Å². The molecular formula is C22H27N3O2. The molecule has 4 N–H and O–H groups in total. The Bertz CT molecular complexity index is 731. The Morgan fingerprint density at radius 3 is 1.85 bits per heavy atom. The largest absolute Gasteiger partial charge is 0.368 e. The van der Waals surface area contributed by atoms with Gasteiger partial charge in [-0.05, 0) is 30.9 Å². The van der Waals surface area contributed by atoms with Gasteiger partial charge in [0.05, 0.1) is 0 Å². The fourth-order valence-corrected chi connectivity index (χ4v) is 4.05. The normalized spacial score (nSPS) is 16.7. The summed E-state index contributed by atoms with van der Waals surface area (Å²) in [5.41, 5.74) is 6.91. The van der Waals surface area contributed by atoms with Gasteiger partial charge in [-0.15, -0.1) is 0 Å². The predicted molar refractivity (Wildman–Crippen MR) is 106 cm³/mol. The van der Waals surface area contributed by atoms with E-state index in [1.807, 2.05) is 43.3 Å². The molecule has 3 amide bonds. The van der Waals surface area contributed by atoms with Crippen molar-refractivity contribution in [3.05, 3.63) is 71.8 Å². The zero-order valence-corrected chi connectivity index (χ0v) is 15.7. The summed E-state index contributed by atoms with van der Waals surface area (Å²) in [7, 11) is 0. The first-order valence-electron chi connectivity index (χ1n) is 9.50. The molecule has 27 heavy (non-hydrogen) atoms. The number of amides is 3. The van der Waals surface area contributed by atoms with E-state index in [1.54, 1.807) is 0 Å². The Hall–Kier alpha value is -2.82. The molecule has 0 aliphatic heterocycles. The van der Waals surface area contributed by atoms with Crippen LogP contribution >= 0.6 is 0 Å². The lowest BCUT2D eigenvalue weighted by Gasteiger charge is -2.30. The van der Waals surface area contributed by atoms with Crippen molar-refractivity contribution in [3.63, 3.8) is 0 Å². The van der Waals surface area contributed by atoms with E-state index in [9.17, 15) is 9.59 Å². The van der Waals surface area contributed by atoms with Crippen LogP contribution in [0.15, 0.2) is 60.7 Å². The first-order valence-corrected chi connectivity index (χ1v) is 9.50. The SMILES string of the molecule is C[C@@H](NC(=O)NC1(C(N)=O)CCCC1)C(c1ccccc1)c1ccccc1. The second kappa shape index (κ2) is 8.25. The van der Waals surface area contributed by atoms with E-state index in [0.717, 1.165) is 24.0 Å². The monoisotopic (exact) mass is 365 g/mol. The topological polar surface area (TPSA) is 84.2 Å². The third kappa shape index (κ3) is 4.30. The van der Waals surface area contributed by atoms with E-state index in [0.29, 0.717) is 12.8 Å². The Balaban J connectivity index is 1.77. The van der Waals surface area contributed by atoms with Crippen molar-refractivity contribution < 1.29 is 9.59 Å². The summed E-state index contributed by atoms with van der Waals surface area (Å²) < 4.78 is 0. The van der Waals surface area contributed by atoms with E-state index in [4.69, 9.17) is 5.73 Å². The summed E-state index contributed by atoms with van der Waals surface area (Å²) in [4.78, 5) is 24.6. The number of rotatable bonds is 6. The Labute approximate surface area is 160 Å². The smallest absolute Gasteiger partial charge is 0.315 e. The van der Waals surface area contributed by atoms with Gasteiger partial charge < -0.3 is 16.4 Å². The molecular weight excluding hydrogens is 338 g/mol. The van der Waals surface area contributed by atoms with Gasteiger partial charge in [0.15, 0.2) is 0 Å². The maximum absolute atomic E-state index is 12.7. The first kappa shape index (κ1) is 19.0. The molecule has 1 saturated carbocycles. The predicted octanol–water partition coefficient (Wildman–Crippen LogP) is 3.30. The quantitative estimate of drug-likeness (QED) is 0.734. The standard InChI is InChI=1S/C22H27N3O2/c1-16(24-21(27)25-22(20(23)26)14-8-9-15-22)19(17-10-4-2-5-11-17)18-12-6-3-7-13-18/h2-7,10-13,16,19H,8-9,14-15H2,1H3,(H2,23,26)(H2,24,25,27)/t16-/m1/s1. The molecule has 0 saturated heterocycles. The minimum Gasteiger partial charge on any atom is -0.368 e. The number of nitrogens with one attached hydrogen (secondary N) is 2. The molecule has 0 heterocycles. The number of benzene rings is 2. The second-order valence-corrected chi connectivity index (χ2v) is 7.34. The Kier molecular flexibility index (Phi) is 5.79. The Morgan fingerprint density at radius 1 is 0.926 bits per heavy atom. The lowest BCUT2D eigenvalue weighted by atomic mass is 9.86. The van der Waals surface area contributed by atoms with Gasteiger partial charge in [0.2, 0.25) is 5.91 Å². The molecule has 0 spiro atoms. The van der Waals surface area contributed by atoms with Crippen LogP contribution < -0.4 is 16.4 Å². The van der Waals surface area contributed by atoms with Crippen LogP contribution in [0.1, 0.15) is 49.7 Å². The highest BCUT2D eigenvalue weighted by Gasteiger charge is 2.41. The molecule has 5 heteroatoms. The van der Waals surface area contributed by atoms with Crippen molar-refractivity contribution in [2.24, 2.45) is 5.73 Å². The highest BCUT2D eigenvalue weighted by atomic mass is 16.2. The summed E-state index contributed by atoms with van der Waals surface area (Å²) in [6.07, 6.45) is 3.00.